The van der Waals surface area contributed by atoms with Gasteiger partial charge in [-0.05, 0) is 31.9 Å². The average molecular weight is 272 g/mol. The lowest BCUT2D eigenvalue weighted by molar-refractivity contribution is -0.140. The maximum Gasteiger partial charge on any atom is 0.240 e. The first kappa shape index (κ1) is 13.3. The van der Waals surface area contributed by atoms with E-state index in [0.717, 1.165) is 24.9 Å². The van der Waals surface area contributed by atoms with E-state index in [-0.39, 0.29) is 24.3 Å². The molecule has 2 fully saturated rings. The van der Waals surface area contributed by atoms with Crippen molar-refractivity contribution in [3.8, 4) is 0 Å². The molecule has 2 aliphatic heterocycles. The van der Waals surface area contributed by atoms with E-state index in [1.807, 2.05) is 37.3 Å². The van der Waals surface area contributed by atoms with Gasteiger partial charge in [0.05, 0.1) is 5.41 Å². The predicted octanol–water partition coefficient (Wildman–Crippen LogP) is 1.46. The van der Waals surface area contributed by atoms with Gasteiger partial charge in [-0.3, -0.25) is 14.5 Å². The van der Waals surface area contributed by atoms with Crippen molar-refractivity contribution in [3.63, 3.8) is 0 Å². The molecule has 0 bridgehead atoms. The van der Waals surface area contributed by atoms with Crippen LogP contribution in [0.25, 0.3) is 0 Å². The van der Waals surface area contributed by atoms with Gasteiger partial charge in [-0.25, -0.2) is 0 Å². The number of likely N-dealkylation sites (tertiary alicyclic amines) is 1. The third-order valence-electron chi connectivity index (χ3n) is 4.50. The summed E-state index contributed by atoms with van der Waals surface area (Å²) in [6.45, 7) is 3.38. The normalized spacial score (nSPS) is 30.2. The fourth-order valence-corrected chi connectivity index (χ4v) is 3.23. The van der Waals surface area contributed by atoms with E-state index >= 15 is 0 Å². The van der Waals surface area contributed by atoms with Crippen LogP contribution in [0.1, 0.15) is 31.7 Å². The lowest BCUT2D eigenvalue weighted by atomic mass is 9.81. The molecule has 4 heteroatoms. The lowest BCUT2D eigenvalue weighted by Crippen LogP contribution is -2.43. The molecule has 2 aliphatic rings. The van der Waals surface area contributed by atoms with E-state index in [2.05, 4.69) is 5.32 Å². The molecule has 106 valence electrons. The molecule has 0 aliphatic carbocycles. The van der Waals surface area contributed by atoms with Crippen LogP contribution in [0, 0.1) is 0 Å². The van der Waals surface area contributed by atoms with E-state index < -0.39 is 5.41 Å². The summed E-state index contributed by atoms with van der Waals surface area (Å²) in [6.07, 6.45) is 2.44. The van der Waals surface area contributed by atoms with Crippen molar-refractivity contribution in [2.24, 2.45) is 0 Å². The Balaban J connectivity index is 1.82. The third-order valence-corrected chi connectivity index (χ3v) is 4.50. The Bertz CT molecular complexity index is 523. The number of rotatable bonds is 3. The number of hydrogen-bond donors (Lipinski definition) is 1. The van der Waals surface area contributed by atoms with Crippen LogP contribution in [0.5, 0.6) is 0 Å². The van der Waals surface area contributed by atoms with Gasteiger partial charge >= 0.3 is 0 Å². The predicted molar refractivity (Wildman–Crippen MR) is 76.2 cm³/mol. The number of amides is 2. The summed E-state index contributed by atoms with van der Waals surface area (Å²) >= 11 is 0. The molecular weight excluding hydrogens is 252 g/mol. The molecule has 0 spiro atoms. The highest BCUT2D eigenvalue weighted by Gasteiger charge is 2.49. The van der Waals surface area contributed by atoms with Crippen LogP contribution in [0.15, 0.2) is 30.3 Å². The Morgan fingerprint density at radius 3 is 2.70 bits per heavy atom. The second-order valence-electron chi connectivity index (χ2n) is 5.98. The molecule has 2 unspecified atom stereocenters. The zero-order valence-corrected chi connectivity index (χ0v) is 11.8. The van der Waals surface area contributed by atoms with Gasteiger partial charge in [0.1, 0.15) is 0 Å². The first-order valence-corrected chi connectivity index (χ1v) is 7.25. The van der Waals surface area contributed by atoms with Crippen molar-refractivity contribution in [1.29, 1.82) is 0 Å². The Hall–Kier alpha value is -1.68. The summed E-state index contributed by atoms with van der Waals surface area (Å²) in [4.78, 5) is 26.4. The van der Waals surface area contributed by atoms with Crippen LogP contribution in [-0.4, -0.2) is 35.8 Å². The van der Waals surface area contributed by atoms with Crippen LogP contribution < -0.4 is 5.32 Å². The summed E-state index contributed by atoms with van der Waals surface area (Å²) in [6, 6.07) is 9.89. The Morgan fingerprint density at radius 1 is 1.30 bits per heavy atom. The second-order valence-corrected chi connectivity index (χ2v) is 5.98. The SMILES string of the molecule is CC1(c2ccccc2)CC(=O)N(CC2CCCN2)C1=O. The quantitative estimate of drug-likeness (QED) is 0.847. The molecule has 2 heterocycles. The molecule has 1 N–H and O–H groups in total. The minimum Gasteiger partial charge on any atom is -0.312 e. The smallest absolute Gasteiger partial charge is 0.240 e. The van der Waals surface area contributed by atoms with Crippen molar-refractivity contribution in [3.05, 3.63) is 35.9 Å². The summed E-state index contributed by atoms with van der Waals surface area (Å²) < 4.78 is 0. The van der Waals surface area contributed by atoms with Crippen LogP contribution in [0.2, 0.25) is 0 Å². The second kappa shape index (κ2) is 5.02. The Labute approximate surface area is 119 Å². The number of carbonyl (C=O) groups is 2. The standard InChI is InChI=1S/C16H20N2O2/c1-16(12-6-3-2-4-7-12)10-14(19)18(15(16)20)11-13-8-5-9-17-13/h2-4,6-7,13,17H,5,8-11H2,1H3. The molecule has 0 aromatic heterocycles. The van der Waals surface area contributed by atoms with Crippen LogP contribution in [0.4, 0.5) is 0 Å². The van der Waals surface area contributed by atoms with Crippen molar-refractivity contribution >= 4 is 11.8 Å². The van der Waals surface area contributed by atoms with Gasteiger partial charge in [-0.15, -0.1) is 0 Å². The molecular formula is C16H20N2O2. The Morgan fingerprint density at radius 2 is 2.05 bits per heavy atom. The molecule has 4 nitrogen and oxygen atoms in total. The zero-order valence-electron chi connectivity index (χ0n) is 11.8. The molecule has 2 atom stereocenters. The van der Waals surface area contributed by atoms with Crippen molar-refractivity contribution in [2.45, 2.75) is 37.6 Å². The lowest BCUT2D eigenvalue weighted by Gasteiger charge is -2.24. The van der Waals surface area contributed by atoms with Gasteiger partial charge in [0.25, 0.3) is 0 Å². The molecule has 0 radical (unpaired) electrons. The average Bonchev–Trinajstić information content (AvgIpc) is 3.04. The summed E-state index contributed by atoms with van der Waals surface area (Å²) in [5, 5.41) is 3.35. The van der Waals surface area contributed by atoms with Gasteiger partial charge in [0, 0.05) is 19.0 Å². The number of imide groups is 1. The largest absolute Gasteiger partial charge is 0.312 e. The van der Waals surface area contributed by atoms with Crippen LogP contribution in [-0.2, 0) is 15.0 Å². The van der Waals surface area contributed by atoms with E-state index in [0.29, 0.717) is 6.54 Å². The van der Waals surface area contributed by atoms with Gasteiger partial charge < -0.3 is 5.32 Å². The van der Waals surface area contributed by atoms with E-state index in [1.165, 1.54) is 4.90 Å². The van der Waals surface area contributed by atoms with Crippen LogP contribution >= 0.6 is 0 Å². The highest BCUT2D eigenvalue weighted by molar-refractivity contribution is 6.08. The zero-order chi connectivity index (χ0) is 14.2. The van der Waals surface area contributed by atoms with Gasteiger partial charge in [-0.2, -0.15) is 0 Å². The molecule has 2 saturated heterocycles. The summed E-state index contributed by atoms with van der Waals surface area (Å²) in [7, 11) is 0. The minimum atomic E-state index is -0.697. The molecule has 2 amide bonds. The summed E-state index contributed by atoms with van der Waals surface area (Å²) in [5.74, 6) is -0.0996. The van der Waals surface area contributed by atoms with Gasteiger partial charge in [-0.1, -0.05) is 30.3 Å². The molecule has 0 saturated carbocycles. The van der Waals surface area contributed by atoms with Gasteiger partial charge in [0.2, 0.25) is 11.8 Å². The highest BCUT2D eigenvalue weighted by Crippen LogP contribution is 2.36. The molecule has 1 aromatic rings. The van der Waals surface area contributed by atoms with Crippen molar-refractivity contribution in [2.75, 3.05) is 13.1 Å². The van der Waals surface area contributed by atoms with E-state index in [4.69, 9.17) is 0 Å². The van der Waals surface area contributed by atoms with Crippen LogP contribution in [0.3, 0.4) is 0 Å². The molecule has 3 rings (SSSR count). The van der Waals surface area contributed by atoms with Crippen molar-refractivity contribution in [1.82, 2.24) is 10.2 Å². The summed E-state index contributed by atoms with van der Waals surface area (Å²) in [5.41, 5.74) is 0.233. The number of carbonyl (C=O) groups excluding carboxylic acids is 2. The van der Waals surface area contributed by atoms with Crippen molar-refractivity contribution < 1.29 is 9.59 Å². The van der Waals surface area contributed by atoms with E-state index in [9.17, 15) is 9.59 Å². The Kier molecular flexibility index (Phi) is 3.34. The molecule has 20 heavy (non-hydrogen) atoms. The minimum absolute atomic E-state index is 0.0462. The first-order valence-electron chi connectivity index (χ1n) is 7.25. The number of hydrogen-bond acceptors (Lipinski definition) is 3. The third kappa shape index (κ3) is 2.14. The van der Waals surface area contributed by atoms with E-state index in [1.54, 1.807) is 0 Å². The fraction of sp³-hybridized carbons (Fsp3) is 0.500. The molecule has 1 aromatic carbocycles. The topological polar surface area (TPSA) is 49.4 Å². The number of nitrogens with one attached hydrogen (secondary N) is 1. The maximum absolute atomic E-state index is 12.7. The fourth-order valence-electron chi connectivity index (χ4n) is 3.23. The number of benzene rings is 1. The maximum atomic E-state index is 12.7. The van der Waals surface area contributed by atoms with Gasteiger partial charge in [0.15, 0.2) is 0 Å². The number of nitrogens with zero attached hydrogens (tertiary/aromatic N) is 1. The first-order chi connectivity index (χ1) is 9.61. The highest BCUT2D eigenvalue weighted by atomic mass is 16.2. The monoisotopic (exact) mass is 272 g/mol.